The molecule has 0 unspecified atom stereocenters. The molecule has 0 saturated carbocycles. The van der Waals surface area contributed by atoms with E-state index in [2.05, 4.69) is 47.6 Å². The van der Waals surface area contributed by atoms with E-state index in [4.69, 9.17) is 22.5 Å². The zero-order valence-electron chi connectivity index (χ0n) is 11.9. The predicted octanol–water partition coefficient (Wildman–Crippen LogP) is 5.14. The normalized spacial score (nSPS) is 13.8. The lowest BCUT2D eigenvalue weighted by molar-refractivity contribution is 0.569. The van der Waals surface area contributed by atoms with Gasteiger partial charge in [0.1, 0.15) is 22.5 Å². The molecule has 0 aliphatic carbocycles. The van der Waals surface area contributed by atoms with Gasteiger partial charge in [0.15, 0.2) is 5.30 Å². The molecule has 0 fully saturated rings. The van der Waals surface area contributed by atoms with E-state index < -0.39 is 6.19 Å². The van der Waals surface area contributed by atoms with Gasteiger partial charge in [0.25, 0.3) is 0 Å². The minimum atomic E-state index is -3.03. The maximum Gasteiger partial charge on any atom is 0.368 e. The van der Waals surface area contributed by atoms with Crippen LogP contribution in [0.15, 0.2) is 18.2 Å². The Morgan fingerprint density at radius 3 is 1.78 bits per heavy atom. The lowest BCUT2D eigenvalue weighted by atomic mass is 9.81. The molecule has 0 aromatic heterocycles. The van der Waals surface area contributed by atoms with E-state index in [1.165, 1.54) is 5.56 Å². The molecule has 0 aliphatic rings. The van der Waals surface area contributed by atoms with Gasteiger partial charge in [-0.3, -0.25) is 0 Å². The summed E-state index contributed by atoms with van der Waals surface area (Å²) in [5, 5.41) is 0.673. The summed E-state index contributed by atoms with van der Waals surface area (Å²) in [7, 11) is 0. The first-order chi connectivity index (χ1) is 7.83. The Hall–Kier alpha value is 0.190. The van der Waals surface area contributed by atoms with Crippen molar-refractivity contribution in [2.75, 3.05) is 0 Å². The van der Waals surface area contributed by atoms with Crippen LogP contribution in [0.5, 0.6) is 0 Å². The highest BCUT2D eigenvalue weighted by Gasteiger charge is 2.41. The van der Waals surface area contributed by atoms with Gasteiger partial charge < -0.3 is 0 Å². The molecule has 0 heterocycles. The first-order valence-corrected chi connectivity index (χ1v) is 9.55. The largest absolute Gasteiger partial charge is 0.368 e. The van der Waals surface area contributed by atoms with Crippen molar-refractivity contribution < 1.29 is 4.89 Å². The van der Waals surface area contributed by atoms with Crippen LogP contribution in [-0.2, 0) is 10.8 Å². The minimum absolute atomic E-state index is 0.0632. The zero-order valence-corrected chi connectivity index (χ0v) is 14.3. The minimum Gasteiger partial charge on any atom is -0.210 e. The van der Waals surface area contributed by atoms with Crippen molar-refractivity contribution in [1.29, 1.82) is 0 Å². The van der Waals surface area contributed by atoms with E-state index >= 15 is 0 Å². The summed E-state index contributed by atoms with van der Waals surface area (Å²) in [6, 6.07) is 5.99. The molecule has 0 aliphatic heterocycles. The molecular weight excluding hydrogens is 286 g/mol. The van der Waals surface area contributed by atoms with Gasteiger partial charge in [-0.2, -0.15) is 0 Å². The van der Waals surface area contributed by atoms with Crippen LogP contribution in [0, 0.1) is 0 Å². The predicted molar refractivity (Wildman–Crippen MR) is 84.3 cm³/mol. The highest BCUT2D eigenvalue weighted by Crippen LogP contribution is 2.65. The third-order valence-corrected chi connectivity index (χ3v) is 5.02. The van der Waals surface area contributed by atoms with Gasteiger partial charge in [-0.15, -0.1) is 0 Å². The second-order valence-corrected chi connectivity index (χ2v) is 11.6. The third kappa shape index (κ3) is 3.84. The van der Waals surface area contributed by atoms with Gasteiger partial charge in [-0.05, 0) is 22.5 Å². The lowest BCUT2D eigenvalue weighted by Crippen LogP contribution is -2.24. The van der Waals surface area contributed by atoms with Gasteiger partial charge >= 0.3 is 6.19 Å². The lowest BCUT2D eigenvalue weighted by Gasteiger charge is -2.26. The van der Waals surface area contributed by atoms with Gasteiger partial charge in [0.2, 0.25) is 0 Å². The molecule has 18 heavy (non-hydrogen) atoms. The fraction of sp³-hybridized carbons (Fsp3) is 0.571. The van der Waals surface area contributed by atoms with Crippen LogP contribution in [0.1, 0.15) is 52.7 Å². The molecule has 1 rings (SSSR count). The number of benzene rings is 1. The Morgan fingerprint density at radius 2 is 1.44 bits per heavy atom. The molecule has 1 aromatic carbocycles. The first-order valence-electron chi connectivity index (χ1n) is 6.00. The van der Waals surface area contributed by atoms with Gasteiger partial charge in [-0.1, -0.05) is 53.7 Å². The van der Waals surface area contributed by atoms with Crippen LogP contribution in [0.2, 0.25) is 0 Å². The average molecular weight is 308 g/mol. The third-order valence-electron chi connectivity index (χ3n) is 2.96. The molecule has 0 spiro atoms. The van der Waals surface area contributed by atoms with Crippen LogP contribution in [-0.4, -0.2) is 4.89 Å². The van der Waals surface area contributed by atoms with Gasteiger partial charge in [0, 0.05) is 5.56 Å². The Morgan fingerprint density at radius 1 is 0.944 bits per heavy atom. The molecule has 102 valence electrons. The van der Waals surface area contributed by atoms with Crippen molar-refractivity contribution in [2.24, 2.45) is 0 Å². The second-order valence-electron chi connectivity index (χ2n) is 6.72. The number of halogens is 2. The van der Waals surface area contributed by atoms with Crippen LogP contribution < -0.4 is 5.30 Å². The smallest absolute Gasteiger partial charge is 0.210 e. The molecule has 0 atom stereocenters. The summed E-state index contributed by atoms with van der Waals surface area (Å²) >= 11 is 11.9. The second kappa shape index (κ2) is 4.94. The highest BCUT2D eigenvalue weighted by atomic mass is 35.9. The van der Waals surface area contributed by atoms with E-state index in [9.17, 15) is 4.89 Å². The van der Waals surface area contributed by atoms with Crippen molar-refractivity contribution in [3.05, 3.63) is 29.3 Å². The number of rotatable bonds is 1. The number of hydrogen-bond acceptors (Lipinski definition) is 1. The van der Waals surface area contributed by atoms with Crippen molar-refractivity contribution in [3.8, 4) is 0 Å². The summed E-state index contributed by atoms with van der Waals surface area (Å²) in [5.74, 6) is 0. The van der Waals surface area contributed by atoms with Crippen molar-refractivity contribution in [3.63, 3.8) is 0 Å². The zero-order chi connectivity index (χ0) is 14.4. The molecule has 0 radical (unpaired) electrons. The fourth-order valence-electron chi connectivity index (χ4n) is 1.84. The highest BCUT2D eigenvalue weighted by molar-refractivity contribution is 8.18. The maximum absolute atomic E-state index is 9.97. The summed E-state index contributed by atoms with van der Waals surface area (Å²) in [4.78, 5) is 9.97. The molecule has 1 nitrogen and oxygen atoms in total. The first kappa shape index (κ1) is 16.2. The molecule has 4 heteroatoms. The van der Waals surface area contributed by atoms with Gasteiger partial charge in [0.05, 0.1) is 0 Å². The average Bonchev–Trinajstić information content (AvgIpc) is 2.12. The molecule has 1 aromatic rings. The van der Waals surface area contributed by atoms with Crippen molar-refractivity contribution in [1.82, 2.24) is 0 Å². The SMILES string of the molecule is CC(C)(C)c1ccc([P+](O)(Cl)Cl)c(C(C)(C)C)c1. The fourth-order valence-corrected chi connectivity index (χ4v) is 3.67. The summed E-state index contributed by atoms with van der Waals surface area (Å²) < 4.78 is 0. The summed E-state index contributed by atoms with van der Waals surface area (Å²) in [6.07, 6.45) is -3.03. The Labute approximate surface area is 121 Å². The Bertz CT molecular complexity index is 437. The molecule has 1 N–H and O–H groups in total. The molecule has 0 bridgehead atoms. The summed E-state index contributed by atoms with van der Waals surface area (Å²) in [6.45, 7) is 12.8. The van der Waals surface area contributed by atoms with E-state index in [0.717, 1.165) is 5.56 Å². The van der Waals surface area contributed by atoms with Crippen LogP contribution in [0.25, 0.3) is 0 Å². The molecular formula is C14H22Cl2OP+. The Kier molecular flexibility index (Phi) is 4.46. The van der Waals surface area contributed by atoms with Crippen molar-refractivity contribution in [2.45, 2.75) is 52.4 Å². The maximum atomic E-state index is 9.97. The van der Waals surface area contributed by atoms with Crippen LogP contribution in [0.4, 0.5) is 0 Å². The standard InChI is InChI=1S/C14H22Cl2OP/c1-13(2,3)10-7-8-12(18(15,16)17)11(9-10)14(4,5)6/h7-9,17H,1-6H3/q+1. The Balaban J connectivity index is 3.50. The van der Waals surface area contributed by atoms with Crippen molar-refractivity contribution >= 4 is 34.0 Å². The number of hydrogen-bond donors (Lipinski definition) is 1. The quantitative estimate of drug-likeness (QED) is 0.712. The molecule has 0 amide bonds. The van der Waals surface area contributed by atoms with Crippen LogP contribution in [0.3, 0.4) is 0 Å². The molecule has 0 saturated heterocycles. The van der Waals surface area contributed by atoms with E-state index in [1.807, 2.05) is 12.1 Å². The van der Waals surface area contributed by atoms with Crippen LogP contribution >= 0.6 is 28.7 Å². The monoisotopic (exact) mass is 307 g/mol. The topological polar surface area (TPSA) is 20.2 Å². The van der Waals surface area contributed by atoms with E-state index in [0.29, 0.717) is 5.30 Å². The summed E-state index contributed by atoms with van der Waals surface area (Å²) in [5.41, 5.74) is 2.20. The van der Waals surface area contributed by atoms with Gasteiger partial charge in [-0.25, -0.2) is 4.89 Å². The van der Waals surface area contributed by atoms with E-state index in [1.54, 1.807) is 0 Å². The van der Waals surface area contributed by atoms with E-state index in [-0.39, 0.29) is 10.8 Å².